The number of halogens is 1. The molecule has 6 nitrogen and oxygen atoms in total. The summed E-state index contributed by atoms with van der Waals surface area (Å²) in [5.74, 6) is 0.634. The molecule has 0 unspecified atom stereocenters. The highest BCUT2D eigenvalue weighted by molar-refractivity contribution is 5.84. The first-order chi connectivity index (χ1) is 15.0. The maximum atomic E-state index is 12.9. The second-order valence-electron chi connectivity index (χ2n) is 7.15. The Balaban J connectivity index is 1.41. The van der Waals surface area contributed by atoms with E-state index in [0.717, 1.165) is 11.1 Å². The van der Waals surface area contributed by atoms with Crippen molar-refractivity contribution in [3.05, 3.63) is 78.1 Å². The number of hydrogen-bond acceptors (Lipinski definition) is 4. The number of benzene rings is 2. The molecule has 7 heteroatoms. The molecule has 0 radical (unpaired) electrons. The van der Waals surface area contributed by atoms with Crippen molar-refractivity contribution >= 4 is 11.8 Å². The molecule has 3 rings (SSSR count). The molecule has 0 saturated carbocycles. The van der Waals surface area contributed by atoms with E-state index in [4.69, 9.17) is 4.42 Å². The first-order valence-corrected chi connectivity index (χ1v) is 10.3. The largest absolute Gasteiger partial charge is 0.441 e. The number of rotatable bonds is 10. The second kappa shape index (κ2) is 11.1. The van der Waals surface area contributed by atoms with Crippen LogP contribution in [0.5, 0.6) is 0 Å². The van der Waals surface area contributed by atoms with Crippen molar-refractivity contribution in [3.8, 4) is 11.3 Å². The molecule has 0 aliphatic rings. The van der Waals surface area contributed by atoms with Gasteiger partial charge in [-0.15, -0.1) is 0 Å². The Morgan fingerprint density at radius 2 is 1.84 bits per heavy atom. The summed E-state index contributed by atoms with van der Waals surface area (Å²) in [7, 11) is 0. The van der Waals surface area contributed by atoms with Crippen LogP contribution >= 0.6 is 0 Å². The summed E-state index contributed by atoms with van der Waals surface area (Å²) in [5, 5.41) is 2.76. The van der Waals surface area contributed by atoms with Gasteiger partial charge in [0.15, 0.2) is 11.7 Å². The molecule has 0 spiro atoms. The van der Waals surface area contributed by atoms with Gasteiger partial charge in [-0.3, -0.25) is 9.59 Å². The van der Waals surface area contributed by atoms with Gasteiger partial charge in [-0.2, -0.15) is 0 Å². The molecule has 0 aliphatic carbocycles. The highest BCUT2D eigenvalue weighted by atomic mass is 19.1. The van der Waals surface area contributed by atoms with E-state index in [1.54, 1.807) is 18.3 Å². The number of aryl methyl sites for hydroxylation is 1. The van der Waals surface area contributed by atoms with E-state index in [9.17, 15) is 14.0 Å². The third-order valence-electron chi connectivity index (χ3n) is 4.86. The van der Waals surface area contributed by atoms with Gasteiger partial charge in [-0.25, -0.2) is 9.37 Å². The van der Waals surface area contributed by atoms with Gasteiger partial charge in [-0.1, -0.05) is 42.5 Å². The van der Waals surface area contributed by atoms with E-state index in [-0.39, 0.29) is 24.2 Å². The van der Waals surface area contributed by atoms with Crippen LogP contribution in [-0.2, 0) is 22.6 Å². The number of aromatic nitrogens is 1. The smallest absolute Gasteiger partial charge is 0.239 e. The molecule has 3 aromatic rings. The zero-order chi connectivity index (χ0) is 22.1. The van der Waals surface area contributed by atoms with Gasteiger partial charge in [0.25, 0.3) is 0 Å². The highest BCUT2D eigenvalue weighted by Gasteiger charge is 2.16. The lowest BCUT2D eigenvalue weighted by Gasteiger charge is -2.20. The maximum absolute atomic E-state index is 12.9. The van der Waals surface area contributed by atoms with E-state index in [1.807, 2.05) is 37.3 Å². The van der Waals surface area contributed by atoms with E-state index < -0.39 is 0 Å². The first kappa shape index (κ1) is 22.2. The predicted molar refractivity (Wildman–Crippen MR) is 115 cm³/mol. The van der Waals surface area contributed by atoms with Crippen molar-refractivity contribution in [2.75, 3.05) is 13.1 Å². The van der Waals surface area contributed by atoms with Crippen LogP contribution in [0.15, 0.2) is 65.2 Å². The van der Waals surface area contributed by atoms with Crippen LogP contribution in [0.4, 0.5) is 4.39 Å². The van der Waals surface area contributed by atoms with Gasteiger partial charge in [0.05, 0.1) is 12.7 Å². The van der Waals surface area contributed by atoms with Crippen LogP contribution in [0.3, 0.4) is 0 Å². The Labute approximate surface area is 181 Å². The molecule has 0 atom stereocenters. The molecule has 0 aliphatic heterocycles. The third kappa shape index (κ3) is 6.77. The predicted octanol–water partition coefficient (Wildman–Crippen LogP) is 3.97. The van der Waals surface area contributed by atoms with Crippen LogP contribution in [0, 0.1) is 5.82 Å². The lowest BCUT2D eigenvalue weighted by molar-refractivity contribution is -0.136. The molecule has 2 amide bonds. The Morgan fingerprint density at radius 3 is 2.55 bits per heavy atom. The van der Waals surface area contributed by atoms with Crippen LogP contribution in [0.1, 0.15) is 31.2 Å². The van der Waals surface area contributed by atoms with Crippen molar-refractivity contribution in [3.63, 3.8) is 0 Å². The zero-order valence-corrected chi connectivity index (χ0v) is 17.5. The molecule has 162 valence electrons. The molecule has 2 aromatic carbocycles. The fraction of sp³-hybridized carbons (Fsp3) is 0.292. The molecular weight excluding hydrogens is 397 g/mol. The monoisotopic (exact) mass is 423 g/mol. The van der Waals surface area contributed by atoms with Crippen molar-refractivity contribution < 1.29 is 18.4 Å². The van der Waals surface area contributed by atoms with Crippen LogP contribution in [-0.4, -0.2) is 34.8 Å². The van der Waals surface area contributed by atoms with E-state index in [2.05, 4.69) is 10.3 Å². The van der Waals surface area contributed by atoms with Crippen LogP contribution < -0.4 is 5.32 Å². The molecule has 1 heterocycles. The van der Waals surface area contributed by atoms with Crippen LogP contribution in [0.25, 0.3) is 11.3 Å². The maximum Gasteiger partial charge on any atom is 0.239 e. The molecule has 1 aromatic heterocycles. The van der Waals surface area contributed by atoms with Gasteiger partial charge >= 0.3 is 0 Å². The standard InChI is InChI=1S/C24H26FN3O3/c1-2-28(17-22(29)26-15-18-11-13-20(25)14-12-18)24(30)10-6-9-23-27-16-21(31-23)19-7-4-3-5-8-19/h3-5,7-8,11-14,16H,2,6,9-10,15,17H2,1H3,(H,26,29). The Morgan fingerprint density at radius 1 is 1.10 bits per heavy atom. The molecule has 1 N–H and O–H groups in total. The zero-order valence-electron chi connectivity index (χ0n) is 17.5. The SMILES string of the molecule is CCN(CC(=O)NCc1ccc(F)cc1)C(=O)CCCc1ncc(-c2ccccc2)o1. The quantitative estimate of drug-likeness (QED) is 0.535. The van der Waals surface area contributed by atoms with Crippen LogP contribution in [0.2, 0.25) is 0 Å². The summed E-state index contributed by atoms with van der Waals surface area (Å²) >= 11 is 0. The Hall–Kier alpha value is -3.48. The van der Waals surface area contributed by atoms with Crippen molar-refractivity contribution in [2.45, 2.75) is 32.7 Å². The molecule has 0 saturated heterocycles. The van der Waals surface area contributed by atoms with E-state index in [0.29, 0.717) is 44.0 Å². The number of carbonyl (C=O) groups is 2. The summed E-state index contributed by atoms with van der Waals surface area (Å²) in [4.78, 5) is 30.5. The summed E-state index contributed by atoms with van der Waals surface area (Å²) < 4.78 is 18.7. The van der Waals surface area contributed by atoms with Gasteiger partial charge in [0.1, 0.15) is 5.82 Å². The fourth-order valence-electron chi connectivity index (χ4n) is 3.12. The average molecular weight is 423 g/mol. The summed E-state index contributed by atoms with van der Waals surface area (Å²) in [6.45, 7) is 2.57. The molecule has 31 heavy (non-hydrogen) atoms. The number of oxazole rings is 1. The topological polar surface area (TPSA) is 75.4 Å². The minimum Gasteiger partial charge on any atom is -0.441 e. The van der Waals surface area contributed by atoms with Gasteiger partial charge in [0, 0.05) is 31.5 Å². The average Bonchev–Trinajstić information content (AvgIpc) is 3.26. The summed E-state index contributed by atoms with van der Waals surface area (Å²) in [6.07, 6.45) is 3.13. The normalized spacial score (nSPS) is 10.6. The lowest BCUT2D eigenvalue weighted by atomic mass is 10.2. The number of amides is 2. The number of hydrogen-bond donors (Lipinski definition) is 1. The highest BCUT2D eigenvalue weighted by Crippen LogP contribution is 2.20. The molecule has 0 bridgehead atoms. The number of nitrogens with one attached hydrogen (secondary N) is 1. The van der Waals surface area contributed by atoms with Gasteiger partial charge < -0.3 is 14.6 Å². The number of likely N-dealkylation sites (N-methyl/N-ethyl adjacent to an activating group) is 1. The van der Waals surface area contributed by atoms with Crippen molar-refractivity contribution in [1.82, 2.24) is 15.2 Å². The Bertz CT molecular complexity index is 987. The molecular formula is C24H26FN3O3. The van der Waals surface area contributed by atoms with E-state index >= 15 is 0 Å². The second-order valence-corrected chi connectivity index (χ2v) is 7.15. The molecule has 0 fully saturated rings. The Kier molecular flexibility index (Phi) is 7.92. The van der Waals surface area contributed by atoms with Gasteiger partial charge in [0.2, 0.25) is 11.8 Å². The van der Waals surface area contributed by atoms with Crippen molar-refractivity contribution in [1.29, 1.82) is 0 Å². The van der Waals surface area contributed by atoms with E-state index in [1.165, 1.54) is 17.0 Å². The summed E-state index contributed by atoms with van der Waals surface area (Å²) in [6, 6.07) is 15.6. The van der Waals surface area contributed by atoms with Crippen molar-refractivity contribution in [2.24, 2.45) is 0 Å². The number of nitrogens with zero attached hydrogens (tertiary/aromatic N) is 2. The number of carbonyl (C=O) groups excluding carboxylic acids is 2. The van der Waals surface area contributed by atoms with Gasteiger partial charge in [-0.05, 0) is 31.0 Å². The first-order valence-electron chi connectivity index (χ1n) is 10.3. The minimum absolute atomic E-state index is 0.00626. The fourth-order valence-corrected chi connectivity index (χ4v) is 3.12. The third-order valence-corrected chi connectivity index (χ3v) is 4.86. The minimum atomic E-state index is -0.320. The summed E-state index contributed by atoms with van der Waals surface area (Å²) in [5.41, 5.74) is 1.76. The lowest BCUT2D eigenvalue weighted by Crippen LogP contribution is -2.40.